The summed E-state index contributed by atoms with van der Waals surface area (Å²) in [6.07, 6.45) is -7.43. The number of aliphatic hydroxyl groups excluding tert-OH is 4. The number of rotatable bonds is 3. The number of esters is 1. The molecule has 0 amide bonds. The maximum Gasteiger partial charge on any atom is 0.340 e. The molecule has 158 valence electrons. The maximum absolute atomic E-state index is 12.8. The van der Waals surface area contributed by atoms with Crippen molar-refractivity contribution in [2.24, 2.45) is 0 Å². The first-order chi connectivity index (χ1) is 14.3. The van der Waals surface area contributed by atoms with Crippen LogP contribution < -0.4 is 0 Å². The summed E-state index contributed by atoms with van der Waals surface area (Å²) in [6.45, 7) is 3.12. The van der Waals surface area contributed by atoms with Crippen LogP contribution in [-0.4, -0.2) is 67.1 Å². The highest BCUT2D eigenvalue weighted by Crippen LogP contribution is 2.27. The van der Waals surface area contributed by atoms with Crippen molar-refractivity contribution >= 4 is 28.0 Å². The van der Waals surface area contributed by atoms with Crippen molar-refractivity contribution in [3.63, 3.8) is 0 Å². The predicted octanol–water partition coefficient (Wildman–Crippen LogP) is 0.821. The molecule has 1 aliphatic heterocycles. The van der Waals surface area contributed by atoms with Gasteiger partial charge in [0.05, 0.1) is 34.3 Å². The van der Waals surface area contributed by atoms with Gasteiger partial charge in [0, 0.05) is 5.56 Å². The van der Waals surface area contributed by atoms with E-state index in [9.17, 15) is 25.2 Å². The van der Waals surface area contributed by atoms with Crippen molar-refractivity contribution in [1.29, 1.82) is 0 Å². The Morgan fingerprint density at radius 3 is 2.37 bits per heavy atom. The fourth-order valence-electron chi connectivity index (χ4n) is 3.58. The number of fused-ring (bicyclic) bond motifs is 2. The minimum absolute atomic E-state index is 0.0804. The molecule has 1 saturated heterocycles. The van der Waals surface area contributed by atoms with E-state index in [0.717, 1.165) is 0 Å². The number of carbonyl (C=O) groups is 1. The number of aliphatic hydroxyl groups is 4. The SMILES string of the molecule is CC(O)c1cccc2nc3c(C(=O)OC4C(O)OC(C)C(O)C4O)cccc3nc12. The van der Waals surface area contributed by atoms with Gasteiger partial charge in [-0.2, -0.15) is 0 Å². The van der Waals surface area contributed by atoms with Crippen LogP contribution in [0.1, 0.15) is 35.9 Å². The Bertz CT molecular complexity index is 1100. The molecule has 1 fully saturated rings. The van der Waals surface area contributed by atoms with Crippen LogP contribution in [0.4, 0.5) is 0 Å². The minimum Gasteiger partial charge on any atom is -0.450 e. The Kier molecular flexibility index (Phi) is 5.39. The van der Waals surface area contributed by atoms with Crippen LogP contribution in [0.15, 0.2) is 36.4 Å². The van der Waals surface area contributed by atoms with E-state index in [1.54, 1.807) is 37.3 Å². The molecular formula is C21H22N2O7. The molecule has 1 aromatic heterocycles. The Morgan fingerprint density at radius 2 is 1.67 bits per heavy atom. The number of nitrogens with zero attached hydrogens (tertiary/aromatic N) is 2. The van der Waals surface area contributed by atoms with Gasteiger partial charge in [-0.1, -0.05) is 18.2 Å². The highest BCUT2D eigenvalue weighted by Gasteiger charge is 2.44. The van der Waals surface area contributed by atoms with E-state index in [2.05, 4.69) is 9.97 Å². The molecule has 3 aromatic rings. The lowest BCUT2D eigenvalue weighted by molar-refractivity contribution is -0.276. The second-order valence-electron chi connectivity index (χ2n) is 7.37. The number of ether oxygens (including phenoxy) is 2. The van der Waals surface area contributed by atoms with Gasteiger partial charge in [0.15, 0.2) is 12.4 Å². The van der Waals surface area contributed by atoms with E-state index in [4.69, 9.17) is 9.47 Å². The Morgan fingerprint density at radius 1 is 1.03 bits per heavy atom. The molecule has 0 radical (unpaired) electrons. The predicted molar refractivity (Wildman–Crippen MR) is 105 cm³/mol. The topological polar surface area (TPSA) is 142 Å². The van der Waals surface area contributed by atoms with E-state index in [0.29, 0.717) is 22.1 Å². The molecule has 0 aliphatic carbocycles. The van der Waals surface area contributed by atoms with Crippen LogP contribution in [0.3, 0.4) is 0 Å². The number of benzene rings is 2. The Hall–Kier alpha value is -2.69. The number of hydrogen-bond donors (Lipinski definition) is 4. The molecule has 4 rings (SSSR count). The van der Waals surface area contributed by atoms with Crippen molar-refractivity contribution in [2.45, 2.75) is 50.7 Å². The van der Waals surface area contributed by atoms with Gasteiger partial charge in [-0.25, -0.2) is 14.8 Å². The van der Waals surface area contributed by atoms with Crippen molar-refractivity contribution in [2.75, 3.05) is 0 Å². The first-order valence-electron chi connectivity index (χ1n) is 9.56. The molecule has 9 heteroatoms. The number of para-hydroxylation sites is 2. The van der Waals surface area contributed by atoms with Crippen molar-refractivity contribution in [3.05, 3.63) is 47.5 Å². The smallest absolute Gasteiger partial charge is 0.340 e. The summed E-state index contributed by atoms with van der Waals surface area (Å²) >= 11 is 0. The van der Waals surface area contributed by atoms with E-state index in [1.807, 2.05) is 0 Å². The standard InChI is InChI=1S/C21H22N2O7/c1-9(24)11-5-3-7-13-15(11)22-14-8-4-6-12(16(14)23-13)20(27)30-19-18(26)17(25)10(2)29-21(19)28/h3-10,17-19,21,24-26,28H,1-2H3. The molecule has 9 nitrogen and oxygen atoms in total. The summed E-state index contributed by atoms with van der Waals surface area (Å²) in [7, 11) is 0. The highest BCUT2D eigenvalue weighted by molar-refractivity contribution is 6.03. The monoisotopic (exact) mass is 414 g/mol. The lowest BCUT2D eigenvalue weighted by Gasteiger charge is -2.38. The van der Waals surface area contributed by atoms with Crippen molar-refractivity contribution in [3.8, 4) is 0 Å². The zero-order valence-corrected chi connectivity index (χ0v) is 16.3. The van der Waals surface area contributed by atoms with Crippen LogP contribution in [0.5, 0.6) is 0 Å². The fraction of sp³-hybridized carbons (Fsp3) is 0.381. The number of aromatic nitrogens is 2. The molecule has 6 atom stereocenters. The quantitative estimate of drug-likeness (QED) is 0.362. The summed E-state index contributed by atoms with van der Waals surface area (Å²) in [5.41, 5.74) is 2.40. The zero-order valence-electron chi connectivity index (χ0n) is 16.3. The van der Waals surface area contributed by atoms with Crippen LogP contribution in [0, 0.1) is 0 Å². The molecule has 6 unspecified atom stereocenters. The third kappa shape index (κ3) is 3.51. The van der Waals surface area contributed by atoms with Gasteiger partial charge in [-0.15, -0.1) is 0 Å². The summed E-state index contributed by atoms with van der Waals surface area (Å²) < 4.78 is 10.4. The average molecular weight is 414 g/mol. The Balaban J connectivity index is 1.73. The van der Waals surface area contributed by atoms with E-state index in [1.165, 1.54) is 13.0 Å². The van der Waals surface area contributed by atoms with E-state index < -0.39 is 42.8 Å². The van der Waals surface area contributed by atoms with Gasteiger partial charge in [0.25, 0.3) is 0 Å². The first kappa shape index (κ1) is 20.6. The molecule has 0 saturated carbocycles. The normalized spacial score (nSPS) is 27.9. The molecule has 2 heterocycles. The summed E-state index contributed by atoms with van der Waals surface area (Å²) in [5.74, 6) is -0.852. The second-order valence-corrected chi connectivity index (χ2v) is 7.37. The second kappa shape index (κ2) is 7.86. The van der Waals surface area contributed by atoms with Crippen LogP contribution in [0.25, 0.3) is 22.1 Å². The highest BCUT2D eigenvalue weighted by atomic mass is 16.7. The van der Waals surface area contributed by atoms with E-state index in [-0.39, 0.29) is 11.1 Å². The summed E-state index contributed by atoms with van der Waals surface area (Å²) in [5, 5.41) is 40.2. The molecule has 0 bridgehead atoms. The lowest BCUT2D eigenvalue weighted by Crippen LogP contribution is -2.58. The van der Waals surface area contributed by atoms with Gasteiger partial charge in [0.2, 0.25) is 0 Å². The Labute approximate surface area is 171 Å². The van der Waals surface area contributed by atoms with Crippen LogP contribution in [-0.2, 0) is 9.47 Å². The molecule has 2 aromatic carbocycles. The van der Waals surface area contributed by atoms with Gasteiger partial charge in [-0.3, -0.25) is 0 Å². The molecular weight excluding hydrogens is 392 g/mol. The first-order valence-corrected chi connectivity index (χ1v) is 9.56. The largest absolute Gasteiger partial charge is 0.450 e. The lowest BCUT2D eigenvalue weighted by atomic mass is 10.00. The summed E-state index contributed by atoms with van der Waals surface area (Å²) in [6, 6.07) is 9.98. The van der Waals surface area contributed by atoms with Crippen LogP contribution >= 0.6 is 0 Å². The zero-order chi connectivity index (χ0) is 21.6. The molecule has 1 aliphatic rings. The minimum atomic E-state index is -1.59. The van der Waals surface area contributed by atoms with Gasteiger partial charge in [0.1, 0.15) is 17.7 Å². The third-order valence-corrected chi connectivity index (χ3v) is 5.24. The van der Waals surface area contributed by atoms with Gasteiger partial charge < -0.3 is 29.9 Å². The van der Waals surface area contributed by atoms with E-state index >= 15 is 0 Å². The van der Waals surface area contributed by atoms with Gasteiger partial charge >= 0.3 is 5.97 Å². The van der Waals surface area contributed by atoms with Crippen LogP contribution in [0.2, 0.25) is 0 Å². The van der Waals surface area contributed by atoms with Gasteiger partial charge in [-0.05, 0) is 32.0 Å². The average Bonchev–Trinajstić information content (AvgIpc) is 2.72. The van der Waals surface area contributed by atoms with Crippen molar-refractivity contribution < 1.29 is 34.7 Å². The molecule has 4 N–H and O–H groups in total. The number of hydrogen-bond acceptors (Lipinski definition) is 9. The van der Waals surface area contributed by atoms with Crippen molar-refractivity contribution in [1.82, 2.24) is 9.97 Å². The molecule has 30 heavy (non-hydrogen) atoms. The fourth-order valence-corrected chi connectivity index (χ4v) is 3.58. The number of carbonyl (C=O) groups excluding carboxylic acids is 1. The molecule has 0 spiro atoms. The third-order valence-electron chi connectivity index (χ3n) is 5.24. The maximum atomic E-state index is 12.8. The summed E-state index contributed by atoms with van der Waals surface area (Å²) in [4.78, 5) is 21.9.